The zero-order valence-corrected chi connectivity index (χ0v) is 10.1. The Labute approximate surface area is 112 Å². The number of aromatic hydroxyl groups is 2. The minimum Gasteiger partial charge on any atom is -0.508 e. The molecule has 0 aliphatic rings. The van der Waals surface area contributed by atoms with Crippen molar-refractivity contribution in [3.05, 3.63) is 52.6 Å². The van der Waals surface area contributed by atoms with E-state index in [1.54, 1.807) is 18.2 Å². The zero-order valence-electron chi connectivity index (χ0n) is 10.1. The standard InChI is InChI=1S/C14H9NO5/c16-10-3-1-8(2-4-10)13-6-9-5-11(17)7-12(15(18)19)14(9)20-13/h1-7,16-17H. The molecule has 0 amide bonds. The van der Waals surface area contributed by atoms with Crippen LogP contribution in [0, 0.1) is 10.1 Å². The average Bonchev–Trinajstić information content (AvgIpc) is 2.81. The minimum atomic E-state index is -0.605. The molecule has 3 rings (SSSR count). The molecule has 0 atom stereocenters. The Balaban J connectivity index is 2.22. The molecular formula is C14H9NO5. The minimum absolute atomic E-state index is 0.107. The number of benzene rings is 2. The molecule has 0 unspecified atom stereocenters. The number of rotatable bonds is 2. The highest BCUT2D eigenvalue weighted by atomic mass is 16.6. The molecule has 1 heterocycles. The van der Waals surface area contributed by atoms with Crippen LogP contribution in [-0.4, -0.2) is 15.1 Å². The highest BCUT2D eigenvalue weighted by Gasteiger charge is 2.19. The lowest BCUT2D eigenvalue weighted by molar-refractivity contribution is -0.383. The van der Waals surface area contributed by atoms with Crippen molar-refractivity contribution in [2.45, 2.75) is 0 Å². The quantitative estimate of drug-likeness (QED) is 0.549. The van der Waals surface area contributed by atoms with Gasteiger partial charge in [0, 0.05) is 10.9 Å². The molecule has 0 fully saturated rings. The van der Waals surface area contributed by atoms with Crippen molar-refractivity contribution in [3.63, 3.8) is 0 Å². The third kappa shape index (κ3) is 1.93. The maximum Gasteiger partial charge on any atom is 0.315 e. The first-order valence-electron chi connectivity index (χ1n) is 5.75. The van der Waals surface area contributed by atoms with Crippen molar-refractivity contribution in [3.8, 4) is 22.8 Å². The Morgan fingerprint density at radius 1 is 1.00 bits per heavy atom. The van der Waals surface area contributed by atoms with Gasteiger partial charge < -0.3 is 14.6 Å². The number of hydrogen-bond donors (Lipinski definition) is 2. The molecule has 0 spiro atoms. The largest absolute Gasteiger partial charge is 0.508 e. The number of non-ortho nitro benzene ring substituents is 1. The number of nitro benzene ring substituents is 1. The number of furan rings is 1. The van der Waals surface area contributed by atoms with Crippen molar-refractivity contribution >= 4 is 16.7 Å². The van der Waals surface area contributed by atoms with Crippen LogP contribution in [0.3, 0.4) is 0 Å². The normalized spacial score (nSPS) is 10.8. The second kappa shape index (κ2) is 4.27. The molecule has 20 heavy (non-hydrogen) atoms. The van der Waals surface area contributed by atoms with Crippen molar-refractivity contribution in [1.29, 1.82) is 0 Å². The summed E-state index contributed by atoms with van der Waals surface area (Å²) >= 11 is 0. The van der Waals surface area contributed by atoms with Gasteiger partial charge in [-0.15, -0.1) is 0 Å². The summed E-state index contributed by atoms with van der Waals surface area (Å²) in [7, 11) is 0. The fourth-order valence-corrected chi connectivity index (χ4v) is 2.02. The van der Waals surface area contributed by atoms with E-state index in [9.17, 15) is 20.3 Å². The Morgan fingerprint density at radius 3 is 2.35 bits per heavy atom. The topological polar surface area (TPSA) is 96.7 Å². The molecule has 0 saturated heterocycles. The van der Waals surface area contributed by atoms with Gasteiger partial charge in [0.2, 0.25) is 5.58 Å². The van der Waals surface area contributed by atoms with Crippen molar-refractivity contribution in [2.75, 3.05) is 0 Å². The smallest absolute Gasteiger partial charge is 0.315 e. The first-order chi connectivity index (χ1) is 9.54. The van der Waals surface area contributed by atoms with E-state index >= 15 is 0 Å². The van der Waals surface area contributed by atoms with Crippen LogP contribution in [0.2, 0.25) is 0 Å². The second-order valence-corrected chi connectivity index (χ2v) is 4.30. The van der Waals surface area contributed by atoms with E-state index in [1.165, 1.54) is 18.2 Å². The first-order valence-corrected chi connectivity index (χ1v) is 5.75. The van der Waals surface area contributed by atoms with E-state index in [4.69, 9.17) is 4.42 Å². The summed E-state index contributed by atoms with van der Waals surface area (Å²) in [6, 6.07) is 10.3. The van der Waals surface area contributed by atoms with Crippen LogP contribution in [0.15, 0.2) is 46.9 Å². The highest BCUT2D eigenvalue weighted by Crippen LogP contribution is 2.36. The molecule has 2 N–H and O–H groups in total. The van der Waals surface area contributed by atoms with Crippen LogP contribution in [0.4, 0.5) is 5.69 Å². The van der Waals surface area contributed by atoms with Gasteiger partial charge in [-0.05, 0) is 36.4 Å². The van der Waals surface area contributed by atoms with E-state index in [-0.39, 0.29) is 22.8 Å². The Bertz CT molecular complexity index is 804. The van der Waals surface area contributed by atoms with Crippen molar-refractivity contribution < 1.29 is 19.6 Å². The maximum absolute atomic E-state index is 11.0. The van der Waals surface area contributed by atoms with Crippen LogP contribution >= 0.6 is 0 Å². The number of nitrogens with zero attached hydrogens (tertiary/aromatic N) is 1. The Morgan fingerprint density at radius 2 is 1.70 bits per heavy atom. The molecule has 0 aliphatic carbocycles. The summed E-state index contributed by atoms with van der Waals surface area (Å²) in [5.41, 5.74) is 0.494. The molecule has 3 aromatic rings. The zero-order chi connectivity index (χ0) is 14.3. The molecule has 100 valence electrons. The van der Waals surface area contributed by atoms with Crippen molar-refractivity contribution in [1.82, 2.24) is 0 Å². The summed E-state index contributed by atoms with van der Waals surface area (Å²) in [6.45, 7) is 0. The predicted octanol–water partition coefficient (Wildman–Crippen LogP) is 3.42. The molecule has 1 aromatic heterocycles. The van der Waals surface area contributed by atoms with Gasteiger partial charge in [-0.1, -0.05) is 0 Å². The number of hydrogen-bond acceptors (Lipinski definition) is 5. The van der Waals surface area contributed by atoms with E-state index in [0.29, 0.717) is 16.7 Å². The van der Waals surface area contributed by atoms with Crippen LogP contribution in [0.25, 0.3) is 22.3 Å². The summed E-state index contributed by atoms with van der Waals surface area (Å²) < 4.78 is 5.51. The first kappa shape index (κ1) is 12.0. The molecule has 0 bridgehead atoms. The lowest BCUT2D eigenvalue weighted by atomic mass is 10.1. The van der Waals surface area contributed by atoms with Crippen LogP contribution in [0.1, 0.15) is 0 Å². The fraction of sp³-hybridized carbons (Fsp3) is 0. The van der Waals surface area contributed by atoms with Gasteiger partial charge in [0.15, 0.2) is 0 Å². The van der Waals surface area contributed by atoms with Gasteiger partial charge >= 0.3 is 5.69 Å². The third-order valence-electron chi connectivity index (χ3n) is 2.93. The SMILES string of the molecule is O=[N+]([O-])c1cc(O)cc2cc(-c3ccc(O)cc3)oc12. The number of phenols is 2. The van der Waals surface area contributed by atoms with Crippen LogP contribution < -0.4 is 0 Å². The molecule has 0 saturated carbocycles. The molecule has 0 aliphatic heterocycles. The lowest BCUT2D eigenvalue weighted by Gasteiger charge is -1.96. The molecule has 6 nitrogen and oxygen atoms in total. The number of phenolic OH excluding ortho intramolecular Hbond substituents is 2. The molecular weight excluding hydrogens is 262 g/mol. The van der Waals surface area contributed by atoms with Crippen LogP contribution in [0.5, 0.6) is 11.5 Å². The summed E-state index contributed by atoms with van der Waals surface area (Å²) in [5, 5.41) is 30.1. The summed E-state index contributed by atoms with van der Waals surface area (Å²) in [4.78, 5) is 10.4. The molecule has 6 heteroatoms. The average molecular weight is 271 g/mol. The number of nitro groups is 1. The fourth-order valence-electron chi connectivity index (χ4n) is 2.02. The second-order valence-electron chi connectivity index (χ2n) is 4.30. The van der Waals surface area contributed by atoms with Gasteiger partial charge in [0.25, 0.3) is 0 Å². The van der Waals surface area contributed by atoms with E-state index in [1.807, 2.05) is 0 Å². The van der Waals surface area contributed by atoms with Crippen molar-refractivity contribution in [2.24, 2.45) is 0 Å². The molecule has 2 aromatic carbocycles. The van der Waals surface area contributed by atoms with Gasteiger partial charge in [-0.3, -0.25) is 10.1 Å². The molecule has 0 radical (unpaired) electrons. The third-order valence-corrected chi connectivity index (χ3v) is 2.93. The maximum atomic E-state index is 11.0. The van der Waals surface area contributed by atoms with E-state index in [2.05, 4.69) is 0 Å². The van der Waals surface area contributed by atoms with Gasteiger partial charge in [-0.25, -0.2) is 0 Å². The Kier molecular flexibility index (Phi) is 2.57. The predicted molar refractivity (Wildman–Crippen MR) is 71.6 cm³/mol. The van der Waals surface area contributed by atoms with E-state index < -0.39 is 4.92 Å². The van der Waals surface area contributed by atoms with Gasteiger partial charge in [0.05, 0.1) is 11.0 Å². The van der Waals surface area contributed by atoms with Gasteiger partial charge in [-0.2, -0.15) is 0 Å². The monoisotopic (exact) mass is 271 g/mol. The summed E-state index contributed by atoms with van der Waals surface area (Å²) in [5.74, 6) is 0.351. The lowest BCUT2D eigenvalue weighted by Crippen LogP contribution is -1.87. The van der Waals surface area contributed by atoms with Gasteiger partial charge in [0.1, 0.15) is 17.3 Å². The summed E-state index contributed by atoms with van der Waals surface area (Å²) in [6.07, 6.45) is 0. The highest BCUT2D eigenvalue weighted by molar-refractivity contribution is 5.90. The number of fused-ring (bicyclic) bond motifs is 1. The Hall–Kier alpha value is -3.02. The van der Waals surface area contributed by atoms with E-state index in [0.717, 1.165) is 6.07 Å². The van der Waals surface area contributed by atoms with Crippen LogP contribution in [-0.2, 0) is 0 Å².